The molecule has 0 aliphatic carbocycles. The molecule has 7 heteroatoms. The van der Waals surface area contributed by atoms with Crippen LogP contribution < -0.4 is 4.74 Å². The highest BCUT2D eigenvalue weighted by Crippen LogP contribution is 2.28. The van der Waals surface area contributed by atoms with Gasteiger partial charge in [-0.2, -0.15) is 13.2 Å². The SMILES string of the molecule is O=c1cc2n(Cc3ccc(C(F)(F)F)nc3)cccc-2s1. The summed E-state index contributed by atoms with van der Waals surface area (Å²) in [5.41, 5.74) is 0.499. The van der Waals surface area contributed by atoms with Crippen molar-refractivity contribution >= 4 is 11.3 Å². The Bertz CT molecular complexity index is 789. The van der Waals surface area contributed by atoms with Gasteiger partial charge in [-0.3, -0.25) is 9.78 Å². The molecule has 21 heavy (non-hydrogen) atoms. The Kier molecular flexibility index (Phi) is 3.29. The van der Waals surface area contributed by atoms with Crippen LogP contribution >= 0.6 is 11.3 Å². The second-order valence-electron chi connectivity index (χ2n) is 4.50. The summed E-state index contributed by atoms with van der Waals surface area (Å²) in [6.45, 7) is 0.360. The van der Waals surface area contributed by atoms with E-state index in [0.29, 0.717) is 12.1 Å². The van der Waals surface area contributed by atoms with Gasteiger partial charge in [0, 0.05) is 25.0 Å². The van der Waals surface area contributed by atoms with Gasteiger partial charge in [-0.15, -0.1) is 0 Å². The first-order chi connectivity index (χ1) is 9.93. The molecule has 2 aliphatic heterocycles. The van der Waals surface area contributed by atoms with Crippen molar-refractivity contribution in [2.24, 2.45) is 0 Å². The van der Waals surface area contributed by atoms with Crippen LogP contribution in [0.15, 0.2) is 47.5 Å². The molecule has 0 N–H and O–H groups in total. The molecule has 2 aliphatic rings. The van der Waals surface area contributed by atoms with Crippen molar-refractivity contribution in [3.05, 3.63) is 63.5 Å². The molecule has 0 saturated carbocycles. The van der Waals surface area contributed by atoms with Gasteiger partial charge in [0.2, 0.25) is 4.74 Å². The topological polar surface area (TPSA) is 34.9 Å². The summed E-state index contributed by atoms with van der Waals surface area (Å²) in [7, 11) is 0. The Hall–Kier alpha value is -2.15. The van der Waals surface area contributed by atoms with Gasteiger partial charge in [0.15, 0.2) is 0 Å². The van der Waals surface area contributed by atoms with Crippen LogP contribution in [0.2, 0.25) is 0 Å². The fourth-order valence-corrected chi connectivity index (χ4v) is 2.87. The van der Waals surface area contributed by atoms with Crippen molar-refractivity contribution in [1.82, 2.24) is 9.55 Å². The maximum Gasteiger partial charge on any atom is 0.433 e. The highest BCUT2D eigenvalue weighted by Gasteiger charge is 2.31. The average Bonchev–Trinajstić information content (AvgIpc) is 2.80. The van der Waals surface area contributed by atoms with Gasteiger partial charge in [-0.05, 0) is 23.8 Å². The van der Waals surface area contributed by atoms with E-state index in [-0.39, 0.29) is 4.74 Å². The van der Waals surface area contributed by atoms with E-state index < -0.39 is 11.9 Å². The highest BCUT2D eigenvalue weighted by molar-refractivity contribution is 7.13. The summed E-state index contributed by atoms with van der Waals surface area (Å²) in [4.78, 5) is 15.7. The van der Waals surface area contributed by atoms with Crippen LogP contribution in [0.4, 0.5) is 13.2 Å². The molecule has 1 aromatic heterocycles. The highest BCUT2D eigenvalue weighted by atomic mass is 32.1. The third-order valence-corrected chi connectivity index (χ3v) is 3.89. The third-order valence-electron chi connectivity index (χ3n) is 3.01. The predicted molar refractivity (Wildman–Crippen MR) is 73.5 cm³/mol. The van der Waals surface area contributed by atoms with Crippen LogP contribution in [-0.4, -0.2) is 9.55 Å². The van der Waals surface area contributed by atoms with Crippen LogP contribution in [0, 0.1) is 0 Å². The fourth-order valence-electron chi connectivity index (χ4n) is 2.05. The Labute approximate surface area is 121 Å². The van der Waals surface area contributed by atoms with Crippen LogP contribution in [0.5, 0.6) is 0 Å². The molecule has 0 saturated heterocycles. The first-order valence-electron chi connectivity index (χ1n) is 6.04. The van der Waals surface area contributed by atoms with E-state index in [2.05, 4.69) is 4.98 Å². The van der Waals surface area contributed by atoms with E-state index >= 15 is 0 Å². The summed E-state index contributed by atoms with van der Waals surface area (Å²) >= 11 is 1.14. The zero-order valence-electron chi connectivity index (χ0n) is 10.6. The van der Waals surface area contributed by atoms with E-state index in [4.69, 9.17) is 0 Å². The van der Waals surface area contributed by atoms with Crippen molar-refractivity contribution in [2.75, 3.05) is 0 Å². The second-order valence-corrected chi connectivity index (χ2v) is 5.55. The number of fused-ring (bicyclic) bond motifs is 1. The predicted octanol–water partition coefficient (Wildman–Crippen LogP) is 3.48. The molecule has 3 nitrogen and oxygen atoms in total. The van der Waals surface area contributed by atoms with Gasteiger partial charge in [0.1, 0.15) is 5.69 Å². The number of halogens is 3. The van der Waals surface area contributed by atoms with Crippen molar-refractivity contribution < 1.29 is 13.2 Å². The maximum absolute atomic E-state index is 12.5. The lowest BCUT2D eigenvalue weighted by Crippen LogP contribution is -2.09. The largest absolute Gasteiger partial charge is 0.433 e. The van der Waals surface area contributed by atoms with E-state index in [1.165, 1.54) is 18.3 Å². The van der Waals surface area contributed by atoms with E-state index in [1.807, 2.05) is 10.6 Å². The molecular formula is C14H9F3N2OS. The number of rotatable bonds is 2. The third kappa shape index (κ3) is 2.82. The lowest BCUT2D eigenvalue weighted by Gasteiger charge is -2.12. The smallest absolute Gasteiger partial charge is 0.342 e. The quantitative estimate of drug-likeness (QED) is 0.726. The Morgan fingerprint density at radius 2 is 2.05 bits per heavy atom. The molecular weight excluding hydrogens is 301 g/mol. The van der Waals surface area contributed by atoms with E-state index in [1.54, 1.807) is 12.3 Å². The van der Waals surface area contributed by atoms with Gasteiger partial charge < -0.3 is 4.57 Å². The number of hydrogen-bond donors (Lipinski definition) is 0. The lowest BCUT2D eigenvalue weighted by molar-refractivity contribution is -0.141. The zero-order chi connectivity index (χ0) is 15.0. The fraction of sp³-hybridized carbons (Fsp3) is 0.143. The van der Waals surface area contributed by atoms with Gasteiger partial charge >= 0.3 is 6.18 Å². The van der Waals surface area contributed by atoms with Crippen molar-refractivity contribution in [1.29, 1.82) is 0 Å². The molecule has 0 radical (unpaired) electrons. The van der Waals surface area contributed by atoms with Gasteiger partial charge in [-0.1, -0.05) is 17.4 Å². The summed E-state index contributed by atoms with van der Waals surface area (Å²) in [6.07, 6.45) is -1.44. The molecule has 0 spiro atoms. The molecule has 0 amide bonds. The Morgan fingerprint density at radius 1 is 1.24 bits per heavy atom. The number of pyridine rings is 2. The minimum absolute atomic E-state index is 0.0458. The number of thiophene rings is 1. The molecule has 0 unspecified atom stereocenters. The summed E-state index contributed by atoms with van der Waals surface area (Å²) < 4.78 is 39.1. The molecule has 3 heterocycles. The molecule has 0 bridgehead atoms. The molecule has 108 valence electrons. The minimum atomic E-state index is -4.43. The lowest BCUT2D eigenvalue weighted by atomic mass is 10.2. The number of aromatic nitrogens is 2. The molecule has 1 aromatic rings. The minimum Gasteiger partial charge on any atom is -0.342 e. The molecule has 0 fully saturated rings. The molecule has 0 atom stereocenters. The molecule has 0 aromatic carbocycles. The monoisotopic (exact) mass is 310 g/mol. The number of nitrogens with zero attached hydrogens (tertiary/aromatic N) is 2. The van der Waals surface area contributed by atoms with Gasteiger partial charge in [0.05, 0.1) is 10.6 Å². The molecule has 3 rings (SSSR count). The van der Waals surface area contributed by atoms with Crippen LogP contribution in [0.3, 0.4) is 0 Å². The second kappa shape index (κ2) is 5.00. The first-order valence-corrected chi connectivity index (χ1v) is 6.86. The maximum atomic E-state index is 12.5. The van der Waals surface area contributed by atoms with Gasteiger partial charge in [0.25, 0.3) is 0 Å². The van der Waals surface area contributed by atoms with Gasteiger partial charge in [-0.25, -0.2) is 0 Å². The standard InChI is InChI=1S/C14H9F3N2OS/c15-14(16,17)12-4-3-9(7-18-12)8-19-5-1-2-11-10(19)6-13(20)21-11/h1-7H,8H2. The normalized spacial score (nSPS) is 12.0. The summed E-state index contributed by atoms with van der Waals surface area (Å²) in [6, 6.07) is 7.52. The van der Waals surface area contributed by atoms with E-state index in [0.717, 1.165) is 28.0 Å². The van der Waals surface area contributed by atoms with Crippen LogP contribution in [0.1, 0.15) is 11.3 Å². The average molecular weight is 310 g/mol. The number of alkyl halides is 3. The Morgan fingerprint density at radius 3 is 2.71 bits per heavy atom. The van der Waals surface area contributed by atoms with Crippen LogP contribution in [0.25, 0.3) is 10.6 Å². The summed E-state index contributed by atoms with van der Waals surface area (Å²) in [5, 5.41) is 0. The van der Waals surface area contributed by atoms with Crippen LogP contribution in [-0.2, 0) is 12.7 Å². The Balaban J connectivity index is 1.91. The summed E-state index contributed by atoms with van der Waals surface area (Å²) in [5.74, 6) is 0. The zero-order valence-corrected chi connectivity index (χ0v) is 11.4. The van der Waals surface area contributed by atoms with E-state index in [9.17, 15) is 18.0 Å². The number of hydrogen-bond acceptors (Lipinski definition) is 3. The first kappa shape index (κ1) is 13.8. The van der Waals surface area contributed by atoms with Crippen molar-refractivity contribution in [3.63, 3.8) is 0 Å². The van der Waals surface area contributed by atoms with Crippen molar-refractivity contribution in [3.8, 4) is 10.6 Å². The van der Waals surface area contributed by atoms with Crippen molar-refractivity contribution in [2.45, 2.75) is 12.7 Å².